The minimum atomic E-state index is -0.156. The third-order valence-electron chi connectivity index (χ3n) is 4.96. The number of carbonyl (C=O) groups is 1. The molecule has 4 rings (SSSR count). The second kappa shape index (κ2) is 8.44. The van der Waals surface area contributed by atoms with Gasteiger partial charge in [0.1, 0.15) is 10.7 Å². The number of hydrazone groups is 1. The molecule has 0 bridgehead atoms. The number of thiocarbonyl (C=S) groups is 1. The van der Waals surface area contributed by atoms with Gasteiger partial charge in [-0.3, -0.25) is 9.59 Å². The highest BCUT2D eigenvalue weighted by Crippen LogP contribution is 2.36. The van der Waals surface area contributed by atoms with E-state index in [2.05, 4.69) is 29.5 Å². The van der Waals surface area contributed by atoms with Crippen LogP contribution in [0.5, 0.6) is 0 Å². The number of carbonyl (C=O) groups excluding carboxylic acids is 1. The summed E-state index contributed by atoms with van der Waals surface area (Å²) in [4.78, 5) is 26.6. The second-order valence-corrected chi connectivity index (χ2v) is 8.85. The normalized spacial score (nSPS) is 13.2. The van der Waals surface area contributed by atoms with Crippen LogP contribution in [0.3, 0.4) is 0 Å². The highest BCUT2D eigenvalue weighted by atomic mass is 32.1. The van der Waals surface area contributed by atoms with E-state index in [-0.39, 0.29) is 11.5 Å². The van der Waals surface area contributed by atoms with Crippen molar-refractivity contribution >= 4 is 51.0 Å². The van der Waals surface area contributed by atoms with Gasteiger partial charge in [0.05, 0.1) is 6.54 Å². The van der Waals surface area contributed by atoms with Crippen molar-refractivity contribution in [3.8, 4) is 0 Å². The van der Waals surface area contributed by atoms with Gasteiger partial charge >= 0.3 is 0 Å². The highest BCUT2D eigenvalue weighted by molar-refractivity contribution is 7.80. The maximum absolute atomic E-state index is 11.4. The fraction of sp³-hybridized carbons (Fsp3) is 0.182. The number of fused-ring (bicyclic) bond motifs is 1. The molecule has 7 nitrogen and oxygen atoms in total. The molecule has 0 atom stereocenters. The zero-order chi connectivity index (χ0) is 22.1. The van der Waals surface area contributed by atoms with Crippen LogP contribution in [0.4, 0.5) is 10.7 Å². The number of aryl methyl sites for hydroxylation is 1. The van der Waals surface area contributed by atoms with Gasteiger partial charge in [-0.05, 0) is 49.3 Å². The Labute approximate surface area is 188 Å². The quantitative estimate of drug-likeness (QED) is 0.522. The number of aromatic amines is 1. The van der Waals surface area contributed by atoms with Crippen LogP contribution < -0.4 is 16.2 Å². The fourth-order valence-electron chi connectivity index (χ4n) is 3.32. The largest absolute Gasteiger partial charge is 0.329 e. The van der Waals surface area contributed by atoms with Crippen molar-refractivity contribution in [1.29, 1.82) is 0 Å². The minimum Gasteiger partial charge on any atom is -0.329 e. The minimum absolute atomic E-state index is 0.118. The van der Waals surface area contributed by atoms with Crippen LogP contribution >= 0.6 is 23.6 Å². The molecule has 0 radical (unpaired) electrons. The smallest absolute Gasteiger partial charge is 0.247 e. The van der Waals surface area contributed by atoms with E-state index in [1.165, 1.54) is 17.9 Å². The summed E-state index contributed by atoms with van der Waals surface area (Å²) in [5, 5.41) is 14.2. The molecule has 3 aromatic rings. The van der Waals surface area contributed by atoms with Gasteiger partial charge in [0, 0.05) is 40.9 Å². The van der Waals surface area contributed by atoms with Crippen LogP contribution in [-0.2, 0) is 11.3 Å². The second-order valence-electron chi connectivity index (χ2n) is 7.24. The first-order chi connectivity index (χ1) is 14.8. The molecule has 31 heavy (non-hydrogen) atoms. The maximum Gasteiger partial charge on any atom is 0.247 e. The standard InChI is InChI=1S/C22H21N5O2S2/c1-12-13(2)31-21-19(12)20(16-5-7-17(8-6-16)24-14(3)28)26-27(22(30)25-21)11-15-4-9-18(29)23-10-15/h4-10H,11H2,1-3H3,(H,23,29)(H,24,28)(H,25,30). The predicted molar refractivity (Wildman–Crippen MR) is 129 cm³/mol. The number of rotatable bonds is 4. The fourth-order valence-corrected chi connectivity index (χ4v) is 4.65. The average Bonchev–Trinajstić information content (AvgIpc) is 2.92. The molecule has 0 unspecified atom stereocenters. The molecule has 2 aromatic heterocycles. The van der Waals surface area contributed by atoms with Crippen molar-refractivity contribution in [2.45, 2.75) is 27.3 Å². The molecule has 0 spiro atoms. The van der Waals surface area contributed by atoms with Gasteiger partial charge in [-0.25, -0.2) is 5.01 Å². The number of nitrogens with one attached hydrogen (secondary N) is 3. The number of H-pyrrole nitrogens is 1. The van der Waals surface area contributed by atoms with Crippen LogP contribution in [0.2, 0.25) is 0 Å². The van der Waals surface area contributed by atoms with E-state index in [0.29, 0.717) is 11.7 Å². The van der Waals surface area contributed by atoms with Crippen LogP contribution in [0, 0.1) is 13.8 Å². The van der Waals surface area contributed by atoms with Crippen molar-refractivity contribution in [3.05, 3.63) is 80.1 Å². The summed E-state index contributed by atoms with van der Waals surface area (Å²) in [6.45, 7) is 6.04. The number of benzene rings is 1. The molecule has 1 amide bonds. The Kier molecular flexibility index (Phi) is 5.71. The van der Waals surface area contributed by atoms with Gasteiger partial charge in [0.25, 0.3) is 0 Å². The lowest BCUT2D eigenvalue weighted by atomic mass is 10.00. The Morgan fingerprint density at radius 1 is 1.19 bits per heavy atom. The molecule has 1 aromatic carbocycles. The molecular formula is C22H21N5O2S2. The van der Waals surface area contributed by atoms with E-state index in [4.69, 9.17) is 17.3 Å². The summed E-state index contributed by atoms with van der Waals surface area (Å²) in [5.74, 6) is -0.118. The first-order valence-corrected chi connectivity index (χ1v) is 10.9. The van der Waals surface area contributed by atoms with E-state index in [1.807, 2.05) is 24.3 Å². The molecule has 0 aliphatic carbocycles. The molecule has 0 saturated heterocycles. The summed E-state index contributed by atoms with van der Waals surface area (Å²) in [5.41, 5.74) is 5.31. The lowest BCUT2D eigenvalue weighted by Gasteiger charge is -2.19. The van der Waals surface area contributed by atoms with E-state index in [1.54, 1.807) is 28.6 Å². The summed E-state index contributed by atoms with van der Waals surface area (Å²) >= 11 is 7.28. The Balaban J connectivity index is 1.78. The average molecular weight is 452 g/mol. The lowest BCUT2D eigenvalue weighted by Crippen LogP contribution is -2.29. The molecule has 9 heteroatoms. The highest BCUT2D eigenvalue weighted by Gasteiger charge is 2.26. The summed E-state index contributed by atoms with van der Waals surface area (Å²) in [7, 11) is 0. The van der Waals surface area contributed by atoms with Gasteiger partial charge in [0.15, 0.2) is 5.11 Å². The Morgan fingerprint density at radius 3 is 2.58 bits per heavy atom. The van der Waals surface area contributed by atoms with Gasteiger partial charge in [0.2, 0.25) is 11.5 Å². The summed E-state index contributed by atoms with van der Waals surface area (Å²) < 4.78 is 0. The topological polar surface area (TPSA) is 89.6 Å². The van der Waals surface area contributed by atoms with Crippen LogP contribution in [0.15, 0.2) is 52.5 Å². The first kappa shape index (κ1) is 21.0. The molecule has 1 aliphatic heterocycles. The summed E-state index contributed by atoms with van der Waals surface area (Å²) in [6.07, 6.45) is 1.67. The van der Waals surface area contributed by atoms with Crippen LogP contribution in [-0.4, -0.2) is 26.7 Å². The number of pyridine rings is 1. The zero-order valence-corrected chi connectivity index (χ0v) is 18.9. The van der Waals surface area contributed by atoms with E-state index in [0.717, 1.165) is 38.7 Å². The van der Waals surface area contributed by atoms with Crippen molar-refractivity contribution in [1.82, 2.24) is 9.99 Å². The van der Waals surface area contributed by atoms with Crippen molar-refractivity contribution in [3.63, 3.8) is 0 Å². The predicted octanol–water partition coefficient (Wildman–Crippen LogP) is 3.98. The molecule has 3 N–H and O–H groups in total. The van der Waals surface area contributed by atoms with Gasteiger partial charge in [-0.2, -0.15) is 5.10 Å². The van der Waals surface area contributed by atoms with E-state index in [9.17, 15) is 9.59 Å². The monoisotopic (exact) mass is 451 g/mol. The number of hydrogen-bond donors (Lipinski definition) is 3. The third-order valence-corrected chi connectivity index (χ3v) is 6.39. The third kappa shape index (κ3) is 4.42. The first-order valence-electron chi connectivity index (χ1n) is 9.65. The van der Waals surface area contributed by atoms with Crippen LogP contribution in [0.25, 0.3) is 0 Å². The number of aromatic nitrogens is 1. The molecule has 158 valence electrons. The molecule has 0 fully saturated rings. The number of nitrogens with zero attached hydrogens (tertiary/aromatic N) is 2. The Bertz CT molecular complexity index is 1240. The van der Waals surface area contributed by atoms with E-state index >= 15 is 0 Å². The number of amides is 1. The Morgan fingerprint density at radius 2 is 1.94 bits per heavy atom. The van der Waals surface area contributed by atoms with Crippen LogP contribution in [0.1, 0.15) is 34.1 Å². The zero-order valence-electron chi connectivity index (χ0n) is 17.3. The van der Waals surface area contributed by atoms with Crippen molar-refractivity contribution in [2.75, 3.05) is 10.6 Å². The maximum atomic E-state index is 11.4. The van der Waals surface area contributed by atoms with Gasteiger partial charge in [-0.1, -0.05) is 18.2 Å². The SMILES string of the molecule is CC(=O)Nc1ccc(C2=NN(Cc3ccc(=O)[nH]c3)C(=S)Nc3sc(C)c(C)c32)cc1. The summed E-state index contributed by atoms with van der Waals surface area (Å²) in [6, 6.07) is 10.8. The van der Waals surface area contributed by atoms with Gasteiger partial charge in [-0.15, -0.1) is 11.3 Å². The molecule has 1 aliphatic rings. The number of anilines is 2. The van der Waals surface area contributed by atoms with Crippen molar-refractivity contribution < 1.29 is 4.79 Å². The number of thiophene rings is 1. The van der Waals surface area contributed by atoms with Crippen molar-refractivity contribution in [2.24, 2.45) is 5.10 Å². The molecule has 3 heterocycles. The molecule has 0 saturated carbocycles. The lowest BCUT2D eigenvalue weighted by molar-refractivity contribution is -0.114. The molecular weight excluding hydrogens is 430 g/mol. The van der Waals surface area contributed by atoms with Gasteiger partial charge < -0.3 is 15.6 Å². The number of hydrogen-bond acceptors (Lipinski definition) is 5. The Hall–Kier alpha value is -3.30. The van der Waals surface area contributed by atoms with E-state index < -0.39 is 0 Å².